The number of aromatic nitrogens is 15. The molecule has 0 aliphatic heterocycles. The minimum atomic E-state index is -0.499. The zero-order chi connectivity index (χ0) is 52.2. The number of aromatic amines is 5. The molecule has 12 rings (SSSR count). The molecule has 75 heavy (non-hydrogen) atoms. The molecule has 9 aromatic heterocycles. The van der Waals surface area contributed by atoms with Crippen LogP contribution in [0.15, 0.2) is 65.4 Å². The van der Waals surface area contributed by atoms with E-state index >= 15 is 0 Å². The Balaban J connectivity index is 0.000000128. The Morgan fingerprint density at radius 3 is 1.60 bits per heavy atom. The molecular formula is C51H54N18O6. The number of nitriles is 3. The SMILES string of the molecule is N#CCC(C1CCCC1)n1cc(-c2[nH]c(=O)nc3[nH]c(O)cc23)cn1.N#CCC(C1CCCC1)n1cc(-c2[nH]c(=O)nc3[nH]cc(O)c23)cn1.N#CCC(C1CCCC1)n1cc(-c2ncnc3[nH]c(O)c(O)c23)cn1. The van der Waals surface area contributed by atoms with Gasteiger partial charge in [0, 0.05) is 52.9 Å². The van der Waals surface area contributed by atoms with Crippen molar-refractivity contribution in [1.29, 1.82) is 15.8 Å². The Hall–Kier alpha value is -9.24. The lowest BCUT2D eigenvalue weighted by atomic mass is 9.96. The van der Waals surface area contributed by atoms with Crippen LogP contribution >= 0.6 is 0 Å². The quantitative estimate of drug-likeness (QED) is 0.0563. The van der Waals surface area contributed by atoms with E-state index in [1.54, 1.807) is 18.6 Å². The van der Waals surface area contributed by atoms with Gasteiger partial charge in [-0.2, -0.15) is 41.0 Å². The van der Waals surface area contributed by atoms with E-state index in [9.17, 15) is 45.8 Å². The summed E-state index contributed by atoms with van der Waals surface area (Å²) in [6, 6.07) is 8.45. The molecule has 3 aliphatic carbocycles. The monoisotopic (exact) mass is 1010 g/mol. The number of H-pyrrole nitrogens is 5. The van der Waals surface area contributed by atoms with E-state index in [0.717, 1.165) is 44.1 Å². The predicted octanol–water partition coefficient (Wildman–Crippen LogP) is 7.81. The molecule has 24 nitrogen and oxygen atoms in total. The maximum Gasteiger partial charge on any atom is 0.347 e. The number of hydrogen-bond donors (Lipinski definition) is 9. The van der Waals surface area contributed by atoms with Gasteiger partial charge in [0.05, 0.1) is 102 Å². The van der Waals surface area contributed by atoms with Crippen LogP contribution in [0.3, 0.4) is 0 Å². The molecule has 24 heteroatoms. The summed E-state index contributed by atoms with van der Waals surface area (Å²) in [6.45, 7) is 0. The van der Waals surface area contributed by atoms with Crippen LogP contribution in [-0.4, -0.2) is 94.6 Å². The largest absolute Gasteiger partial charge is 0.506 e. The van der Waals surface area contributed by atoms with E-state index in [-0.39, 0.29) is 41.4 Å². The normalized spacial score (nSPS) is 16.3. The summed E-state index contributed by atoms with van der Waals surface area (Å²) >= 11 is 0. The molecule has 0 spiro atoms. The van der Waals surface area contributed by atoms with Crippen LogP contribution in [0, 0.1) is 51.7 Å². The van der Waals surface area contributed by atoms with Crippen molar-refractivity contribution in [3.63, 3.8) is 0 Å². The third kappa shape index (κ3) is 10.1. The molecule has 9 aromatic rings. The minimum Gasteiger partial charge on any atom is -0.506 e. The fraction of sp³-hybridized carbons (Fsp3) is 0.412. The number of fused-ring (bicyclic) bond motifs is 3. The lowest BCUT2D eigenvalue weighted by Gasteiger charge is -2.21. The minimum absolute atomic E-state index is 0.0193. The topological polar surface area (TPSA) is 370 Å². The van der Waals surface area contributed by atoms with E-state index < -0.39 is 11.4 Å². The van der Waals surface area contributed by atoms with Crippen LogP contribution in [0.5, 0.6) is 23.3 Å². The lowest BCUT2D eigenvalue weighted by molar-refractivity contribution is 0.315. The van der Waals surface area contributed by atoms with Gasteiger partial charge in [0.25, 0.3) is 0 Å². The summed E-state index contributed by atoms with van der Waals surface area (Å²) in [5.74, 6) is 0.724. The van der Waals surface area contributed by atoms with Crippen molar-refractivity contribution < 1.29 is 20.4 Å². The Labute approximate surface area is 426 Å². The molecule has 9 heterocycles. The third-order valence-electron chi connectivity index (χ3n) is 15.0. The molecule has 0 radical (unpaired) electrons. The number of hydrogen-bond acceptors (Lipinski definition) is 16. The first-order valence-electron chi connectivity index (χ1n) is 25.1. The average Bonchev–Trinajstić information content (AvgIpc) is 4.26. The van der Waals surface area contributed by atoms with Crippen LogP contribution in [0.2, 0.25) is 0 Å². The molecule has 3 unspecified atom stereocenters. The highest BCUT2D eigenvalue weighted by Crippen LogP contribution is 2.42. The zero-order valence-electron chi connectivity index (χ0n) is 40.7. The second kappa shape index (κ2) is 21.5. The van der Waals surface area contributed by atoms with Crippen LogP contribution in [0.4, 0.5) is 0 Å². The molecule has 3 atom stereocenters. The smallest absolute Gasteiger partial charge is 0.347 e. The van der Waals surface area contributed by atoms with Crippen LogP contribution in [-0.2, 0) is 0 Å². The van der Waals surface area contributed by atoms with Gasteiger partial charge >= 0.3 is 11.4 Å². The first kappa shape index (κ1) is 49.3. The van der Waals surface area contributed by atoms with Gasteiger partial charge in [-0.3, -0.25) is 14.0 Å². The maximum absolute atomic E-state index is 11.8. The number of aromatic hydroxyl groups is 4. The molecule has 384 valence electrons. The summed E-state index contributed by atoms with van der Waals surface area (Å²) in [5, 5.41) is 81.8. The molecule has 0 amide bonds. The van der Waals surface area contributed by atoms with Crippen LogP contribution < -0.4 is 11.4 Å². The van der Waals surface area contributed by atoms with Gasteiger partial charge in [-0.15, -0.1) is 0 Å². The van der Waals surface area contributed by atoms with Crippen molar-refractivity contribution in [1.82, 2.24) is 74.2 Å². The predicted molar refractivity (Wildman–Crippen MR) is 271 cm³/mol. The van der Waals surface area contributed by atoms with Gasteiger partial charge in [-0.05, 0) is 56.3 Å². The molecule has 0 aromatic carbocycles. The molecule has 0 bridgehead atoms. The van der Waals surface area contributed by atoms with Crippen molar-refractivity contribution >= 4 is 33.1 Å². The number of nitrogens with one attached hydrogen (secondary N) is 5. The van der Waals surface area contributed by atoms with Crippen molar-refractivity contribution in [3.05, 3.63) is 76.7 Å². The summed E-state index contributed by atoms with van der Waals surface area (Å²) in [4.78, 5) is 53.0. The van der Waals surface area contributed by atoms with Crippen molar-refractivity contribution in [3.8, 4) is 75.2 Å². The fourth-order valence-electron chi connectivity index (χ4n) is 11.4. The molecule has 9 N–H and O–H groups in total. The second-order valence-electron chi connectivity index (χ2n) is 19.5. The van der Waals surface area contributed by atoms with Gasteiger partial charge in [0.2, 0.25) is 5.88 Å². The molecular weight excluding hydrogens is 961 g/mol. The van der Waals surface area contributed by atoms with Gasteiger partial charge in [-0.1, -0.05) is 38.5 Å². The third-order valence-corrected chi connectivity index (χ3v) is 15.0. The van der Waals surface area contributed by atoms with E-state index in [2.05, 4.69) is 78.4 Å². The van der Waals surface area contributed by atoms with Gasteiger partial charge in [0.1, 0.15) is 29.0 Å². The maximum atomic E-state index is 11.8. The van der Waals surface area contributed by atoms with Crippen LogP contribution in [0.25, 0.3) is 66.9 Å². The Morgan fingerprint density at radius 2 is 1.07 bits per heavy atom. The summed E-state index contributed by atoms with van der Waals surface area (Å²) in [5.41, 5.74) is 3.66. The highest BCUT2D eigenvalue weighted by molar-refractivity contribution is 5.97. The Morgan fingerprint density at radius 1 is 0.587 bits per heavy atom. The lowest BCUT2D eigenvalue weighted by Crippen LogP contribution is -2.17. The molecule has 3 fully saturated rings. The van der Waals surface area contributed by atoms with Gasteiger partial charge < -0.3 is 45.3 Å². The molecule has 3 saturated carbocycles. The fourth-order valence-corrected chi connectivity index (χ4v) is 11.4. The standard InChI is InChI=1S/3C17H18N6O2/c18-6-5-13(10-3-1-2-4-10)23-9-11(8-19-23)15-12-7-14(24)20-16(12)22-17(25)21-15;18-6-5-12(10-3-1-2-4-10)23-9-11(7-20-23)15-14-13(24)8-19-16(14)22-17(25)21-15;18-6-5-12(10-3-1-2-4-10)23-8-11(7-21-23)14-13-15(24)17(25)22-16(13)20-9-19-14/h7-10,13,24H,1-5H2,(H2,20,21,22,25);7-10,12,24H,1-5H2,(H2,19,21,22,25);7-10,12,24-25H,1-5H2,(H,19,20,22). The number of nitrogens with zero attached hydrogens (tertiary/aromatic N) is 13. The Kier molecular flexibility index (Phi) is 14.1. The van der Waals surface area contributed by atoms with Crippen molar-refractivity contribution in [2.45, 2.75) is 114 Å². The molecule has 0 saturated heterocycles. The second-order valence-corrected chi connectivity index (χ2v) is 19.5. The average molecular weight is 1020 g/mol. The van der Waals surface area contributed by atoms with E-state index in [0.29, 0.717) is 98.3 Å². The number of rotatable bonds is 12. The van der Waals surface area contributed by atoms with Gasteiger partial charge in [-0.25, -0.2) is 19.6 Å². The highest BCUT2D eigenvalue weighted by atomic mass is 16.3. The van der Waals surface area contributed by atoms with E-state index in [4.69, 9.17) is 0 Å². The summed E-state index contributed by atoms with van der Waals surface area (Å²) < 4.78 is 5.50. The van der Waals surface area contributed by atoms with Gasteiger partial charge in [0.15, 0.2) is 11.6 Å². The first-order chi connectivity index (χ1) is 36.5. The van der Waals surface area contributed by atoms with Crippen LogP contribution in [0.1, 0.15) is 114 Å². The summed E-state index contributed by atoms with van der Waals surface area (Å²) in [7, 11) is 0. The Bertz CT molecular complexity index is 3710. The molecule has 3 aliphatic rings. The first-order valence-corrected chi connectivity index (χ1v) is 25.1. The van der Waals surface area contributed by atoms with E-state index in [1.807, 2.05) is 32.6 Å². The summed E-state index contributed by atoms with van der Waals surface area (Å²) in [6.07, 6.45) is 28.4. The zero-order valence-corrected chi connectivity index (χ0v) is 40.7. The van der Waals surface area contributed by atoms with Crippen molar-refractivity contribution in [2.24, 2.45) is 17.8 Å². The van der Waals surface area contributed by atoms with E-state index in [1.165, 1.54) is 57.1 Å². The van der Waals surface area contributed by atoms with Crippen molar-refractivity contribution in [2.75, 3.05) is 0 Å². The highest BCUT2D eigenvalue weighted by Gasteiger charge is 2.30.